The molecule has 0 unspecified atom stereocenters. The zero-order chi connectivity index (χ0) is 20.5. The highest BCUT2D eigenvalue weighted by Gasteiger charge is 2.23. The van der Waals surface area contributed by atoms with Crippen LogP contribution in [0.15, 0.2) is 35.5 Å². The van der Waals surface area contributed by atoms with Gasteiger partial charge in [0.1, 0.15) is 0 Å². The van der Waals surface area contributed by atoms with Crippen molar-refractivity contribution in [2.45, 2.75) is 11.9 Å². The molecule has 0 amide bonds. The van der Waals surface area contributed by atoms with Gasteiger partial charge in [0.25, 0.3) is 10.9 Å². The van der Waals surface area contributed by atoms with E-state index in [2.05, 4.69) is 20.3 Å². The summed E-state index contributed by atoms with van der Waals surface area (Å²) < 4.78 is 29.1. The maximum atomic E-state index is 12.0. The molecule has 12 heteroatoms. The molecule has 2 aromatic heterocycles. The Bertz CT molecular complexity index is 1160. The minimum Gasteiger partial charge on any atom is -0.473 e. The third-order valence-electron chi connectivity index (χ3n) is 3.65. The standard InChI is InChI=1S/C16H15N5O5S2/c1-9-4-5-10(8-12(9)21(22)23)18-15-17-7-6-11(19-15)13-14(28(3,24)25)20-16(26-2)27-13/h4-8H,1-3H3,(H,17,18,19). The van der Waals surface area contributed by atoms with Crippen LogP contribution in [0.2, 0.25) is 0 Å². The number of aryl methyl sites for hydroxylation is 1. The molecule has 2 heterocycles. The van der Waals surface area contributed by atoms with Crippen LogP contribution in [0.25, 0.3) is 10.6 Å². The second-order valence-corrected chi connectivity index (χ2v) is 8.63. The van der Waals surface area contributed by atoms with Gasteiger partial charge in [-0.05, 0) is 19.1 Å². The summed E-state index contributed by atoms with van der Waals surface area (Å²) in [7, 11) is -2.20. The second-order valence-electron chi connectivity index (χ2n) is 5.74. The maximum absolute atomic E-state index is 12.0. The van der Waals surface area contributed by atoms with E-state index in [-0.39, 0.29) is 21.9 Å². The summed E-state index contributed by atoms with van der Waals surface area (Å²) in [6.45, 7) is 1.64. The molecule has 146 valence electrons. The number of methoxy groups -OCH3 is 1. The van der Waals surface area contributed by atoms with Crippen molar-refractivity contribution in [3.8, 4) is 15.8 Å². The first-order valence-electron chi connectivity index (χ1n) is 7.79. The number of anilines is 2. The molecule has 3 aromatic rings. The van der Waals surface area contributed by atoms with Crippen LogP contribution in [-0.4, -0.2) is 41.7 Å². The number of rotatable bonds is 6. The number of nitro groups is 1. The van der Waals surface area contributed by atoms with Crippen LogP contribution in [0, 0.1) is 17.0 Å². The fraction of sp³-hybridized carbons (Fsp3) is 0.188. The number of hydrogen-bond donors (Lipinski definition) is 1. The molecule has 0 aliphatic rings. The Hall–Kier alpha value is -3.12. The molecule has 0 fully saturated rings. The van der Waals surface area contributed by atoms with Crippen LogP contribution in [-0.2, 0) is 9.84 Å². The summed E-state index contributed by atoms with van der Waals surface area (Å²) in [4.78, 5) is 23.3. The van der Waals surface area contributed by atoms with E-state index < -0.39 is 14.8 Å². The number of nitrogens with zero attached hydrogens (tertiary/aromatic N) is 4. The smallest absolute Gasteiger partial charge is 0.274 e. The normalized spacial score (nSPS) is 11.2. The first-order valence-corrected chi connectivity index (χ1v) is 10.5. The Morgan fingerprint density at radius 2 is 2.00 bits per heavy atom. The third kappa shape index (κ3) is 4.07. The monoisotopic (exact) mass is 421 g/mol. The predicted molar refractivity (Wildman–Crippen MR) is 104 cm³/mol. The van der Waals surface area contributed by atoms with Gasteiger partial charge in [-0.25, -0.2) is 18.4 Å². The average molecular weight is 421 g/mol. The van der Waals surface area contributed by atoms with Crippen molar-refractivity contribution in [2.24, 2.45) is 0 Å². The highest BCUT2D eigenvalue weighted by Crippen LogP contribution is 2.36. The minimum atomic E-state index is -3.60. The fourth-order valence-corrected chi connectivity index (χ4v) is 4.42. The van der Waals surface area contributed by atoms with Gasteiger partial charge in [0, 0.05) is 29.8 Å². The summed E-state index contributed by atoms with van der Waals surface area (Å²) in [6, 6.07) is 6.20. The molecule has 0 atom stereocenters. The number of nitro benzene ring substituents is 1. The highest BCUT2D eigenvalue weighted by atomic mass is 32.2. The van der Waals surface area contributed by atoms with E-state index in [0.29, 0.717) is 21.8 Å². The van der Waals surface area contributed by atoms with E-state index >= 15 is 0 Å². The van der Waals surface area contributed by atoms with Crippen molar-refractivity contribution in [1.29, 1.82) is 0 Å². The van der Waals surface area contributed by atoms with E-state index in [1.54, 1.807) is 25.1 Å². The van der Waals surface area contributed by atoms with Crippen molar-refractivity contribution in [3.05, 3.63) is 46.1 Å². The Kier molecular flexibility index (Phi) is 5.25. The van der Waals surface area contributed by atoms with E-state index in [1.165, 1.54) is 19.4 Å². The lowest BCUT2D eigenvalue weighted by Crippen LogP contribution is -2.02. The van der Waals surface area contributed by atoms with Gasteiger partial charge in [-0.15, -0.1) is 0 Å². The number of thiazole rings is 1. The Balaban J connectivity index is 2.00. The Morgan fingerprint density at radius 3 is 2.64 bits per heavy atom. The van der Waals surface area contributed by atoms with Crippen molar-refractivity contribution >= 4 is 38.5 Å². The van der Waals surface area contributed by atoms with Crippen LogP contribution in [0.4, 0.5) is 17.3 Å². The van der Waals surface area contributed by atoms with E-state index in [4.69, 9.17) is 4.74 Å². The summed E-state index contributed by atoms with van der Waals surface area (Å²) in [5.74, 6) is 0.155. The third-order valence-corrected chi connectivity index (χ3v) is 5.82. The molecule has 0 bridgehead atoms. The summed E-state index contributed by atoms with van der Waals surface area (Å²) in [5, 5.41) is 14.1. The molecular weight excluding hydrogens is 406 g/mol. The topological polar surface area (TPSA) is 137 Å². The van der Waals surface area contributed by atoms with Gasteiger partial charge in [0.15, 0.2) is 14.9 Å². The first kappa shape index (κ1) is 19.6. The fourth-order valence-electron chi connectivity index (χ4n) is 2.35. The largest absolute Gasteiger partial charge is 0.473 e. The molecular formula is C16H15N5O5S2. The predicted octanol–water partition coefficient (Wildman–Crippen LogP) is 2.97. The van der Waals surface area contributed by atoms with E-state index in [1.807, 2.05) is 0 Å². The quantitative estimate of drug-likeness (QED) is 0.470. The van der Waals surface area contributed by atoms with E-state index in [0.717, 1.165) is 17.6 Å². The number of sulfone groups is 1. The second kappa shape index (κ2) is 7.48. The average Bonchev–Trinajstić information content (AvgIpc) is 3.08. The number of benzene rings is 1. The number of aromatic nitrogens is 3. The molecule has 3 rings (SSSR count). The molecule has 1 aromatic carbocycles. The number of ether oxygens (including phenoxy) is 1. The lowest BCUT2D eigenvalue weighted by molar-refractivity contribution is -0.385. The van der Waals surface area contributed by atoms with Crippen molar-refractivity contribution in [2.75, 3.05) is 18.7 Å². The van der Waals surface area contributed by atoms with Crippen LogP contribution < -0.4 is 10.1 Å². The zero-order valence-corrected chi connectivity index (χ0v) is 16.7. The molecule has 1 N–H and O–H groups in total. The first-order chi connectivity index (χ1) is 13.2. The Morgan fingerprint density at radius 1 is 1.25 bits per heavy atom. The van der Waals surface area contributed by atoms with Crippen molar-refractivity contribution in [1.82, 2.24) is 15.0 Å². The lowest BCUT2D eigenvalue weighted by atomic mass is 10.2. The molecule has 0 spiro atoms. The molecule has 28 heavy (non-hydrogen) atoms. The van der Waals surface area contributed by atoms with Gasteiger partial charge in [-0.1, -0.05) is 17.4 Å². The molecule has 10 nitrogen and oxygen atoms in total. The highest BCUT2D eigenvalue weighted by molar-refractivity contribution is 7.90. The van der Waals surface area contributed by atoms with Gasteiger partial charge >= 0.3 is 0 Å². The summed E-state index contributed by atoms with van der Waals surface area (Å²) in [6.07, 6.45) is 2.50. The van der Waals surface area contributed by atoms with Gasteiger partial charge < -0.3 is 10.1 Å². The molecule has 0 radical (unpaired) electrons. The van der Waals surface area contributed by atoms with Gasteiger partial charge in [0.2, 0.25) is 5.95 Å². The van der Waals surface area contributed by atoms with Gasteiger partial charge in [0.05, 0.1) is 22.6 Å². The molecule has 0 aliphatic carbocycles. The van der Waals surface area contributed by atoms with Gasteiger partial charge in [-0.2, -0.15) is 4.98 Å². The zero-order valence-electron chi connectivity index (χ0n) is 15.0. The lowest BCUT2D eigenvalue weighted by Gasteiger charge is -2.07. The summed E-state index contributed by atoms with van der Waals surface area (Å²) >= 11 is 1.04. The molecule has 0 saturated carbocycles. The van der Waals surface area contributed by atoms with Crippen LogP contribution >= 0.6 is 11.3 Å². The SMILES string of the molecule is COc1nc(S(C)(=O)=O)c(-c2ccnc(Nc3ccc(C)c([N+](=O)[O-])c3)n2)s1. The van der Waals surface area contributed by atoms with Crippen LogP contribution in [0.5, 0.6) is 5.19 Å². The van der Waals surface area contributed by atoms with E-state index in [9.17, 15) is 18.5 Å². The number of nitrogens with one attached hydrogen (secondary N) is 1. The maximum Gasteiger partial charge on any atom is 0.274 e. The Labute approximate surface area is 164 Å². The van der Waals surface area contributed by atoms with Crippen molar-refractivity contribution in [3.63, 3.8) is 0 Å². The summed E-state index contributed by atoms with van der Waals surface area (Å²) in [5.41, 5.74) is 1.26. The molecule has 0 aliphatic heterocycles. The van der Waals surface area contributed by atoms with Gasteiger partial charge in [-0.3, -0.25) is 10.1 Å². The van der Waals surface area contributed by atoms with Crippen molar-refractivity contribution < 1.29 is 18.1 Å². The van der Waals surface area contributed by atoms with Crippen LogP contribution in [0.3, 0.4) is 0 Å². The number of hydrogen-bond acceptors (Lipinski definition) is 10. The van der Waals surface area contributed by atoms with Crippen LogP contribution in [0.1, 0.15) is 5.56 Å². The minimum absolute atomic E-state index is 0.0345. The molecule has 0 saturated heterocycles.